The van der Waals surface area contributed by atoms with Gasteiger partial charge in [-0.2, -0.15) is 0 Å². The van der Waals surface area contributed by atoms with Crippen LogP contribution < -0.4 is 0 Å². The summed E-state index contributed by atoms with van der Waals surface area (Å²) in [6.45, 7) is 5.52. The van der Waals surface area contributed by atoms with Gasteiger partial charge < -0.3 is 5.11 Å². The van der Waals surface area contributed by atoms with Gasteiger partial charge in [0.2, 0.25) is 0 Å². The third-order valence-corrected chi connectivity index (χ3v) is 2.52. The highest BCUT2D eigenvalue weighted by Gasteiger charge is 2.00. The zero-order valence-corrected chi connectivity index (χ0v) is 9.71. The molecule has 0 rings (SSSR count). The van der Waals surface area contributed by atoms with Crippen LogP contribution in [-0.2, 0) is 4.79 Å². The fourth-order valence-electron chi connectivity index (χ4n) is 1.57. The number of carbonyl (C=O) groups is 1. The molecule has 2 heteroatoms. The summed E-state index contributed by atoms with van der Waals surface area (Å²) in [5.74, 6) is 0.297. The van der Waals surface area contributed by atoms with E-state index in [1.807, 2.05) is 0 Å². The van der Waals surface area contributed by atoms with Crippen molar-refractivity contribution in [3.8, 4) is 0 Å². The highest BCUT2D eigenvalue weighted by atomic mass is 16.3. The lowest BCUT2D eigenvalue weighted by atomic mass is 10.1. The van der Waals surface area contributed by atoms with Crippen LogP contribution in [0.1, 0.15) is 64.2 Å². The van der Waals surface area contributed by atoms with Crippen LogP contribution in [0.5, 0.6) is 0 Å². The minimum atomic E-state index is 0.130. The molecular formula is C13H24O2. The third kappa shape index (κ3) is 11.6. The van der Waals surface area contributed by atoms with Crippen LogP contribution in [0.25, 0.3) is 0 Å². The summed E-state index contributed by atoms with van der Waals surface area (Å²) in [6.07, 6.45) is 9.59. The lowest BCUT2D eigenvalue weighted by molar-refractivity contribution is -0.119. The van der Waals surface area contributed by atoms with Crippen molar-refractivity contribution in [2.24, 2.45) is 0 Å². The van der Waals surface area contributed by atoms with Gasteiger partial charge in [-0.25, -0.2) is 0 Å². The summed E-state index contributed by atoms with van der Waals surface area (Å²) >= 11 is 0. The van der Waals surface area contributed by atoms with E-state index < -0.39 is 0 Å². The van der Waals surface area contributed by atoms with E-state index in [1.165, 1.54) is 19.3 Å². The zero-order valence-electron chi connectivity index (χ0n) is 9.71. The number of hydrogen-bond donors (Lipinski definition) is 1. The molecule has 0 aromatic carbocycles. The predicted octanol–water partition coefficient (Wildman–Crippen LogP) is 3.16. The number of hydrogen-bond acceptors (Lipinski definition) is 2. The van der Waals surface area contributed by atoms with Gasteiger partial charge >= 0.3 is 0 Å². The molecule has 0 aliphatic heterocycles. The van der Waals surface area contributed by atoms with Crippen LogP contribution in [0.3, 0.4) is 0 Å². The van der Waals surface area contributed by atoms with Gasteiger partial charge in [-0.3, -0.25) is 4.79 Å². The van der Waals surface area contributed by atoms with E-state index in [0.717, 1.165) is 25.7 Å². The number of unbranched alkanes of at least 4 members (excludes halogenated alkanes) is 6. The van der Waals surface area contributed by atoms with Crippen molar-refractivity contribution < 1.29 is 9.90 Å². The second-order valence-corrected chi connectivity index (χ2v) is 4.03. The number of carbonyl (C=O) groups excluding carboxylic acids is 1. The first-order valence-corrected chi connectivity index (χ1v) is 6.14. The van der Waals surface area contributed by atoms with E-state index >= 15 is 0 Å². The maximum atomic E-state index is 11.2. The number of aliphatic hydroxyl groups excluding tert-OH is 1. The SMILES string of the molecule is [CH]CCCCCCCCC(=O)CCCO. The van der Waals surface area contributed by atoms with Crippen molar-refractivity contribution in [2.75, 3.05) is 6.61 Å². The summed E-state index contributed by atoms with van der Waals surface area (Å²) in [5.41, 5.74) is 0. The average molecular weight is 212 g/mol. The maximum Gasteiger partial charge on any atom is 0.132 e. The minimum Gasteiger partial charge on any atom is -0.396 e. The topological polar surface area (TPSA) is 37.3 Å². The summed E-state index contributed by atoms with van der Waals surface area (Å²) in [5, 5.41) is 8.54. The highest BCUT2D eigenvalue weighted by molar-refractivity contribution is 5.78. The Balaban J connectivity index is 3.06. The molecule has 88 valence electrons. The van der Waals surface area contributed by atoms with Gasteiger partial charge in [0.25, 0.3) is 0 Å². The molecule has 0 aromatic rings. The molecule has 0 fully saturated rings. The molecule has 0 spiro atoms. The van der Waals surface area contributed by atoms with Gasteiger partial charge in [-0.05, 0) is 26.2 Å². The first-order chi connectivity index (χ1) is 7.31. The Morgan fingerprint density at radius 3 is 2.00 bits per heavy atom. The van der Waals surface area contributed by atoms with Crippen LogP contribution in [0.15, 0.2) is 0 Å². The lowest BCUT2D eigenvalue weighted by Gasteiger charge is -2.01. The first-order valence-electron chi connectivity index (χ1n) is 6.14. The van der Waals surface area contributed by atoms with E-state index in [0.29, 0.717) is 25.0 Å². The van der Waals surface area contributed by atoms with Gasteiger partial charge in [0.15, 0.2) is 0 Å². The predicted molar refractivity (Wildman–Crippen MR) is 62.6 cm³/mol. The van der Waals surface area contributed by atoms with Crippen LogP contribution >= 0.6 is 0 Å². The third-order valence-electron chi connectivity index (χ3n) is 2.52. The van der Waals surface area contributed by atoms with Crippen molar-refractivity contribution in [3.63, 3.8) is 0 Å². The molecule has 0 bridgehead atoms. The number of rotatable bonds is 11. The molecule has 0 aromatic heterocycles. The summed E-state index contributed by atoms with van der Waals surface area (Å²) in [6, 6.07) is 0. The Hall–Kier alpha value is -0.370. The molecule has 0 aliphatic carbocycles. The Kier molecular flexibility index (Phi) is 11.4. The second-order valence-electron chi connectivity index (χ2n) is 4.03. The Labute approximate surface area is 94.1 Å². The number of Topliss-reactive ketones (excluding diaryl/α,β-unsaturated/α-hetero) is 1. The molecule has 1 N–H and O–H groups in total. The van der Waals surface area contributed by atoms with Crippen molar-refractivity contribution in [1.82, 2.24) is 0 Å². The van der Waals surface area contributed by atoms with E-state index in [-0.39, 0.29) is 6.61 Å². The van der Waals surface area contributed by atoms with Crippen LogP contribution in [0, 0.1) is 6.92 Å². The average Bonchev–Trinajstić information content (AvgIpc) is 2.25. The van der Waals surface area contributed by atoms with E-state index in [1.54, 1.807) is 0 Å². The van der Waals surface area contributed by atoms with Crippen molar-refractivity contribution in [3.05, 3.63) is 6.92 Å². The maximum absolute atomic E-state index is 11.2. The molecule has 0 amide bonds. The van der Waals surface area contributed by atoms with Crippen molar-refractivity contribution in [2.45, 2.75) is 64.2 Å². The standard InChI is InChI=1S/C13H24O2/c1-2-3-4-5-6-7-8-10-13(15)11-9-12-14/h1,14H,2-12H2. The highest BCUT2D eigenvalue weighted by Crippen LogP contribution is 2.09. The van der Waals surface area contributed by atoms with Gasteiger partial charge in [-0.15, -0.1) is 0 Å². The lowest BCUT2D eigenvalue weighted by Crippen LogP contribution is -1.99. The van der Waals surface area contributed by atoms with E-state index in [2.05, 4.69) is 0 Å². The minimum absolute atomic E-state index is 0.130. The van der Waals surface area contributed by atoms with Gasteiger partial charge in [0.1, 0.15) is 5.78 Å². The molecule has 0 saturated carbocycles. The Bertz CT molecular complexity index is 143. The van der Waals surface area contributed by atoms with Crippen LogP contribution in [0.4, 0.5) is 0 Å². The molecule has 0 atom stereocenters. The smallest absolute Gasteiger partial charge is 0.132 e. The van der Waals surface area contributed by atoms with Gasteiger partial charge in [0, 0.05) is 19.4 Å². The molecule has 0 unspecified atom stereocenters. The quantitative estimate of drug-likeness (QED) is 0.534. The monoisotopic (exact) mass is 212 g/mol. The number of aliphatic hydroxyl groups is 1. The summed E-state index contributed by atoms with van der Waals surface area (Å²) < 4.78 is 0. The molecule has 2 nitrogen and oxygen atoms in total. The van der Waals surface area contributed by atoms with Crippen molar-refractivity contribution in [1.29, 1.82) is 0 Å². The number of ketones is 1. The normalized spacial score (nSPS) is 10.5. The molecule has 2 radical (unpaired) electrons. The van der Waals surface area contributed by atoms with E-state index in [4.69, 9.17) is 12.0 Å². The largest absolute Gasteiger partial charge is 0.396 e. The van der Waals surface area contributed by atoms with Crippen molar-refractivity contribution >= 4 is 5.78 Å². The molecule has 0 aliphatic rings. The molecule has 0 heterocycles. The zero-order chi connectivity index (χ0) is 11.4. The van der Waals surface area contributed by atoms with Gasteiger partial charge in [-0.1, -0.05) is 32.1 Å². The second kappa shape index (κ2) is 11.7. The molecule has 0 saturated heterocycles. The van der Waals surface area contributed by atoms with E-state index in [9.17, 15) is 4.79 Å². The van der Waals surface area contributed by atoms with Crippen LogP contribution in [0.2, 0.25) is 0 Å². The summed E-state index contributed by atoms with van der Waals surface area (Å²) in [7, 11) is 0. The Morgan fingerprint density at radius 1 is 0.867 bits per heavy atom. The van der Waals surface area contributed by atoms with Crippen LogP contribution in [-0.4, -0.2) is 17.5 Å². The summed E-state index contributed by atoms with van der Waals surface area (Å²) in [4.78, 5) is 11.2. The van der Waals surface area contributed by atoms with Gasteiger partial charge in [0.05, 0.1) is 0 Å². The first kappa shape index (κ1) is 14.6. The molecular weight excluding hydrogens is 188 g/mol. The molecule has 15 heavy (non-hydrogen) atoms. The fourth-order valence-corrected chi connectivity index (χ4v) is 1.57. The fraction of sp³-hybridized carbons (Fsp3) is 0.846. The Morgan fingerprint density at radius 2 is 1.40 bits per heavy atom.